The van der Waals surface area contributed by atoms with Crippen LogP contribution in [0, 0.1) is 0 Å². The summed E-state index contributed by atoms with van der Waals surface area (Å²) >= 11 is 1.70. The van der Waals surface area contributed by atoms with E-state index in [1.165, 1.54) is 6.42 Å². The molecule has 74 valence electrons. The zero-order chi connectivity index (χ0) is 9.52. The van der Waals surface area contributed by atoms with Gasteiger partial charge in [-0.25, -0.2) is 4.98 Å². The third-order valence-electron chi connectivity index (χ3n) is 1.69. The first-order valence-corrected chi connectivity index (χ1v) is 5.58. The molecule has 0 bridgehead atoms. The highest BCUT2D eigenvalue weighted by atomic mass is 32.1. The fraction of sp³-hybridized carbons (Fsp3) is 0.667. The van der Waals surface area contributed by atoms with Gasteiger partial charge < -0.3 is 11.1 Å². The van der Waals surface area contributed by atoms with Crippen molar-refractivity contribution >= 4 is 11.3 Å². The monoisotopic (exact) mass is 199 g/mol. The van der Waals surface area contributed by atoms with E-state index < -0.39 is 0 Å². The third kappa shape index (κ3) is 3.85. The molecule has 0 atom stereocenters. The average Bonchev–Trinajstić information content (AvgIpc) is 2.54. The molecule has 1 rings (SSSR count). The van der Waals surface area contributed by atoms with E-state index in [4.69, 9.17) is 5.73 Å². The molecular formula is C9H17N3S. The maximum absolute atomic E-state index is 5.44. The Labute approximate surface area is 83.4 Å². The molecule has 3 nitrogen and oxygen atoms in total. The van der Waals surface area contributed by atoms with E-state index in [1.807, 2.05) is 0 Å². The van der Waals surface area contributed by atoms with E-state index >= 15 is 0 Å². The summed E-state index contributed by atoms with van der Waals surface area (Å²) in [6, 6.07) is 0. The van der Waals surface area contributed by atoms with Gasteiger partial charge in [-0.3, -0.25) is 0 Å². The van der Waals surface area contributed by atoms with Crippen LogP contribution < -0.4 is 11.1 Å². The highest BCUT2D eigenvalue weighted by Gasteiger charge is 1.99. The lowest BCUT2D eigenvalue weighted by Gasteiger charge is -1.97. The first-order valence-electron chi connectivity index (χ1n) is 4.71. The van der Waals surface area contributed by atoms with Crippen molar-refractivity contribution in [3.63, 3.8) is 0 Å². The number of nitrogens with zero attached hydrogens (tertiary/aromatic N) is 1. The van der Waals surface area contributed by atoms with Gasteiger partial charge in [-0.15, -0.1) is 11.3 Å². The maximum atomic E-state index is 5.44. The largest absolute Gasteiger partial charge is 0.330 e. The minimum absolute atomic E-state index is 0.690. The minimum atomic E-state index is 0.690. The van der Waals surface area contributed by atoms with Crippen LogP contribution in [0.4, 0.5) is 0 Å². The standard InChI is InChI=1S/C9H17N3S/c1-2-5-11-6-8-7-13-9(12-8)3-4-10/h7,11H,2-6,10H2,1H3. The molecule has 0 radical (unpaired) electrons. The fourth-order valence-electron chi connectivity index (χ4n) is 1.06. The average molecular weight is 199 g/mol. The number of thiazole rings is 1. The molecule has 0 saturated carbocycles. The molecule has 0 saturated heterocycles. The van der Waals surface area contributed by atoms with Crippen molar-refractivity contribution in [2.24, 2.45) is 5.73 Å². The summed E-state index contributed by atoms with van der Waals surface area (Å²) in [7, 11) is 0. The molecule has 13 heavy (non-hydrogen) atoms. The van der Waals surface area contributed by atoms with E-state index in [2.05, 4.69) is 22.6 Å². The summed E-state index contributed by atoms with van der Waals surface area (Å²) in [5, 5.41) is 6.57. The number of rotatable bonds is 6. The molecule has 0 unspecified atom stereocenters. The van der Waals surface area contributed by atoms with Crippen LogP contribution in [0.2, 0.25) is 0 Å². The first-order chi connectivity index (χ1) is 6.36. The third-order valence-corrected chi connectivity index (χ3v) is 2.65. The van der Waals surface area contributed by atoms with Gasteiger partial charge in [0.05, 0.1) is 10.7 Å². The Morgan fingerprint density at radius 2 is 2.46 bits per heavy atom. The van der Waals surface area contributed by atoms with Crippen LogP contribution in [0.25, 0.3) is 0 Å². The number of hydrogen-bond acceptors (Lipinski definition) is 4. The smallest absolute Gasteiger partial charge is 0.0941 e. The second-order valence-electron chi connectivity index (χ2n) is 2.95. The van der Waals surface area contributed by atoms with E-state index in [-0.39, 0.29) is 0 Å². The van der Waals surface area contributed by atoms with Gasteiger partial charge in [-0.2, -0.15) is 0 Å². The van der Waals surface area contributed by atoms with Crippen LogP contribution in [0.15, 0.2) is 5.38 Å². The molecule has 1 aromatic heterocycles. The van der Waals surface area contributed by atoms with Gasteiger partial charge in [0.25, 0.3) is 0 Å². The van der Waals surface area contributed by atoms with Crippen molar-refractivity contribution in [2.45, 2.75) is 26.3 Å². The Kier molecular flexibility index (Phi) is 4.97. The molecule has 1 heterocycles. The van der Waals surface area contributed by atoms with Gasteiger partial charge in [-0.05, 0) is 19.5 Å². The van der Waals surface area contributed by atoms with Crippen molar-refractivity contribution in [2.75, 3.05) is 13.1 Å². The summed E-state index contributed by atoms with van der Waals surface area (Å²) in [4.78, 5) is 4.45. The lowest BCUT2D eigenvalue weighted by Crippen LogP contribution is -2.14. The number of nitrogens with two attached hydrogens (primary N) is 1. The van der Waals surface area contributed by atoms with Crippen molar-refractivity contribution in [1.29, 1.82) is 0 Å². The molecule has 0 fully saturated rings. The summed E-state index contributed by atoms with van der Waals surface area (Å²) in [6.07, 6.45) is 2.07. The second kappa shape index (κ2) is 6.07. The summed E-state index contributed by atoms with van der Waals surface area (Å²) < 4.78 is 0. The Morgan fingerprint density at radius 3 is 3.15 bits per heavy atom. The summed E-state index contributed by atoms with van der Waals surface area (Å²) in [5.74, 6) is 0. The normalized spacial score (nSPS) is 10.6. The molecule has 3 N–H and O–H groups in total. The second-order valence-corrected chi connectivity index (χ2v) is 3.89. The maximum Gasteiger partial charge on any atom is 0.0941 e. The van der Waals surface area contributed by atoms with E-state index in [1.54, 1.807) is 11.3 Å². The van der Waals surface area contributed by atoms with Gasteiger partial charge in [0, 0.05) is 18.3 Å². The van der Waals surface area contributed by atoms with Gasteiger partial charge in [-0.1, -0.05) is 6.92 Å². The Morgan fingerprint density at radius 1 is 1.62 bits per heavy atom. The molecule has 4 heteroatoms. The number of nitrogens with one attached hydrogen (secondary N) is 1. The van der Waals surface area contributed by atoms with E-state index in [9.17, 15) is 0 Å². The lowest BCUT2D eigenvalue weighted by atomic mass is 10.4. The van der Waals surface area contributed by atoms with Crippen LogP contribution in [0.5, 0.6) is 0 Å². The first kappa shape index (κ1) is 10.6. The predicted molar refractivity (Wildman–Crippen MR) is 56.9 cm³/mol. The molecular weight excluding hydrogens is 182 g/mol. The number of aromatic nitrogens is 1. The van der Waals surface area contributed by atoms with Crippen molar-refractivity contribution in [3.05, 3.63) is 16.1 Å². The van der Waals surface area contributed by atoms with Gasteiger partial charge in [0.2, 0.25) is 0 Å². The van der Waals surface area contributed by atoms with E-state index in [0.717, 1.165) is 30.2 Å². The van der Waals surface area contributed by atoms with Crippen LogP contribution in [0.1, 0.15) is 24.0 Å². The van der Waals surface area contributed by atoms with Crippen LogP contribution in [-0.4, -0.2) is 18.1 Å². The van der Waals surface area contributed by atoms with Crippen LogP contribution in [0.3, 0.4) is 0 Å². The van der Waals surface area contributed by atoms with Gasteiger partial charge in [0.1, 0.15) is 0 Å². The van der Waals surface area contributed by atoms with E-state index in [0.29, 0.717) is 6.54 Å². The summed E-state index contributed by atoms with van der Waals surface area (Å²) in [6.45, 7) is 4.79. The molecule has 0 aliphatic heterocycles. The Balaban J connectivity index is 2.31. The van der Waals surface area contributed by atoms with Crippen LogP contribution in [-0.2, 0) is 13.0 Å². The zero-order valence-corrected chi connectivity index (χ0v) is 8.86. The SMILES string of the molecule is CCCNCc1csc(CCN)n1. The molecule has 0 aliphatic carbocycles. The van der Waals surface area contributed by atoms with Crippen LogP contribution >= 0.6 is 11.3 Å². The quantitative estimate of drug-likeness (QED) is 0.676. The lowest BCUT2D eigenvalue weighted by molar-refractivity contribution is 0.665. The van der Waals surface area contributed by atoms with Crippen molar-refractivity contribution in [1.82, 2.24) is 10.3 Å². The molecule has 0 spiro atoms. The van der Waals surface area contributed by atoms with Crippen molar-refractivity contribution in [3.8, 4) is 0 Å². The highest BCUT2D eigenvalue weighted by Crippen LogP contribution is 2.09. The van der Waals surface area contributed by atoms with Gasteiger partial charge >= 0.3 is 0 Å². The van der Waals surface area contributed by atoms with Crippen molar-refractivity contribution < 1.29 is 0 Å². The summed E-state index contributed by atoms with van der Waals surface area (Å²) in [5.41, 5.74) is 6.58. The molecule has 0 amide bonds. The fourth-order valence-corrected chi connectivity index (χ4v) is 1.88. The number of hydrogen-bond donors (Lipinski definition) is 2. The Hall–Kier alpha value is -0.450. The van der Waals surface area contributed by atoms with Gasteiger partial charge in [0.15, 0.2) is 0 Å². The minimum Gasteiger partial charge on any atom is -0.330 e. The predicted octanol–water partition coefficient (Wildman–Crippen LogP) is 1.14. The highest BCUT2D eigenvalue weighted by molar-refractivity contribution is 7.09. The Bertz CT molecular complexity index is 235. The topological polar surface area (TPSA) is 50.9 Å². The zero-order valence-electron chi connectivity index (χ0n) is 8.05. The molecule has 0 aromatic carbocycles. The molecule has 1 aromatic rings. The molecule has 0 aliphatic rings.